The Kier molecular flexibility index (Phi) is 15.7. The van der Waals surface area contributed by atoms with Crippen LogP contribution in [0.25, 0.3) is 0 Å². The third-order valence-corrected chi connectivity index (χ3v) is 7.89. The Morgan fingerprint density at radius 2 is 0.825 bits per heavy atom. The van der Waals surface area contributed by atoms with Crippen LogP contribution in [0.15, 0.2) is 24.3 Å². The zero-order valence-electron chi connectivity index (χ0n) is 26.4. The lowest BCUT2D eigenvalue weighted by Gasteiger charge is -2.16. The molecular formula is C36H56N2O2. The molecule has 2 N–H and O–H groups in total. The molecule has 0 fully saturated rings. The van der Waals surface area contributed by atoms with Crippen molar-refractivity contribution in [1.29, 1.82) is 0 Å². The summed E-state index contributed by atoms with van der Waals surface area (Å²) in [5, 5.41) is 6.29. The number of hydrogen-bond donors (Lipinski definition) is 2. The molecule has 0 spiro atoms. The maximum atomic E-state index is 12.7. The number of rotatable bonds is 19. The largest absolute Gasteiger partial charge is 0.326 e. The fraction of sp³-hybridized carbons (Fsp3) is 0.611. The average Bonchev–Trinajstić information content (AvgIpc) is 2.90. The zero-order valence-corrected chi connectivity index (χ0v) is 26.4. The number of carbonyl (C=O) groups excluding carboxylic acids is 2. The van der Waals surface area contributed by atoms with Gasteiger partial charge in [0.1, 0.15) is 0 Å². The molecule has 0 bridgehead atoms. The number of aryl methyl sites for hydroxylation is 4. The van der Waals surface area contributed by atoms with E-state index in [0.29, 0.717) is 12.8 Å². The van der Waals surface area contributed by atoms with E-state index in [1.165, 1.54) is 68.9 Å². The normalized spacial score (nSPS) is 11.1. The van der Waals surface area contributed by atoms with E-state index in [-0.39, 0.29) is 11.8 Å². The van der Waals surface area contributed by atoms with E-state index < -0.39 is 0 Å². The number of unbranched alkanes of at least 4 members (excludes halogenated alkanes) is 11. The van der Waals surface area contributed by atoms with Crippen LogP contribution in [0, 0.1) is 27.7 Å². The Balaban J connectivity index is 1.82. The van der Waals surface area contributed by atoms with E-state index in [9.17, 15) is 9.59 Å². The molecular weight excluding hydrogens is 492 g/mol. The van der Waals surface area contributed by atoms with Gasteiger partial charge in [-0.05, 0) is 80.3 Å². The first kappa shape index (κ1) is 33.6. The fourth-order valence-electron chi connectivity index (χ4n) is 5.63. The molecule has 0 aliphatic carbocycles. The Hall–Kier alpha value is -2.62. The van der Waals surface area contributed by atoms with Gasteiger partial charge in [0.05, 0.1) is 0 Å². The molecule has 0 radical (unpaired) electrons. The highest BCUT2D eigenvalue weighted by molar-refractivity contribution is 5.93. The van der Waals surface area contributed by atoms with Gasteiger partial charge in [0, 0.05) is 24.2 Å². The minimum atomic E-state index is 0.0909. The summed E-state index contributed by atoms with van der Waals surface area (Å²) < 4.78 is 0. The van der Waals surface area contributed by atoms with Gasteiger partial charge >= 0.3 is 0 Å². The predicted molar refractivity (Wildman–Crippen MR) is 173 cm³/mol. The van der Waals surface area contributed by atoms with E-state index in [4.69, 9.17) is 0 Å². The second-order valence-corrected chi connectivity index (χ2v) is 11.9. The first-order valence-electron chi connectivity index (χ1n) is 16.0. The van der Waals surface area contributed by atoms with E-state index >= 15 is 0 Å². The number of anilines is 2. The highest BCUT2D eigenvalue weighted by atomic mass is 16.2. The minimum absolute atomic E-state index is 0.0909. The van der Waals surface area contributed by atoms with E-state index in [2.05, 4.69) is 76.4 Å². The molecule has 222 valence electrons. The molecule has 0 atom stereocenters. The molecule has 0 saturated heterocycles. The number of hydrogen-bond acceptors (Lipinski definition) is 2. The van der Waals surface area contributed by atoms with Gasteiger partial charge in [-0.15, -0.1) is 0 Å². The Morgan fingerprint density at radius 1 is 0.500 bits per heavy atom. The van der Waals surface area contributed by atoms with Gasteiger partial charge in [-0.3, -0.25) is 9.59 Å². The first-order chi connectivity index (χ1) is 19.2. The summed E-state index contributed by atoms with van der Waals surface area (Å²) in [6, 6.07) is 8.73. The summed E-state index contributed by atoms with van der Waals surface area (Å²) in [5.74, 6) is 0.214. The van der Waals surface area contributed by atoms with Gasteiger partial charge < -0.3 is 10.6 Å². The SMILES string of the molecule is CCCCCCCCCCCCCC(=O)Nc1c(C)cc(Cc2cc(C)c(NC(=O)CCCC)c(C)c2)cc1C. The topological polar surface area (TPSA) is 58.2 Å². The number of nitrogens with one attached hydrogen (secondary N) is 2. The molecule has 2 rings (SSSR count). The van der Waals surface area contributed by atoms with E-state index in [1.807, 2.05) is 0 Å². The molecule has 0 aliphatic heterocycles. The maximum Gasteiger partial charge on any atom is 0.224 e. The summed E-state index contributed by atoms with van der Waals surface area (Å²) >= 11 is 0. The quantitative estimate of drug-likeness (QED) is 0.172. The molecule has 2 amide bonds. The summed E-state index contributed by atoms with van der Waals surface area (Å²) in [4.78, 5) is 24.9. The molecule has 2 aromatic carbocycles. The van der Waals surface area contributed by atoms with Crippen LogP contribution in [0.5, 0.6) is 0 Å². The van der Waals surface area contributed by atoms with Crippen LogP contribution >= 0.6 is 0 Å². The monoisotopic (exact) mass is 548 g/mol. The number of amides is 2. The number of carbonyl (C=O) groups is 2. The van der Waals surface area contributed by atoms with Crippen LogP contribution in [0.1, 0.15) is 144 Å². The van der Waals surface area contributed by atoms with Crippen LogP contribution in [0.2, 0.25) is 0 Å². The van der Waals surface area contributed by atoms with Crippen LogP contribution in [0.4, 0.5) is 11.4 Å². The smallest absolute Gasteiger partial charge is 0.224 e. The summed E-state index contributed by atoms with van der Waals surface area (Å²) in [6.45, 7) is 12.7. The molecule has 40 heavy (non-hydrogen) atoms. The standard InChI is InChI=1S/C36H56N2O2/c1-7-9-11-12-13-14-15-16-17-18-19-21-34(40)38-36-29(5)24-32(25-30(36)6)26-31-22-27(3)35(28(4)23-31)37-33(39)20-10-8-2/h22-25H,7-21,26H2,1-6H3,(H,37,39)(H,38,40). The zero-order chi connectivity index (χ0) is 29.3. The molecule has 4 nitrogen and oxygen atoms in total. The molecule has 4 heteroatoms. The Labute approximate surface area is 245 Å². The van der Waals surface area contributed by atoms with Crippen molar-refractivity contribution in [2.45, 2.75) is 144 Å². The van der Waals surface area contributed by atoms with Gasteiger partial charge in [-0.2, -0.15) is 0 Å². The van der Waals surface area contributed by atoms with Crippen LogP contribution < -0.4 is 10.6 Å². The fourth-order valence-corrected chi connectivity index (χ4v) is 5.63. The first-order valence-corrected chi connectivity index (χ1v) is 16.0. The third kappa shape index (κ3) is 12.3. The van der Waals surface area contributed by atoms with Crippen molar-refractivity contribution in [1.82, 2.24) is 0 Å². The lowest BCUT2D eigenvalue weighted by Crippen LogP contribution is -2.14. The predicted octanol–water partition coefficient (Wildman–Crippen LogP) is 10.3. The van der Waals surface area contributed by atoms with E-state index in [1.54, 1.807) is 0 Å². The van der Waals surface area contributed by atoms with Gasteiger partial charge in [-0.1, -0.05) is 109 Å². The van der Waals surface area contributed by atoms with Crippen molar-refractivity contribution in [3.05, 3.63) is 57.6 Å². The van der Waals surface area contributed by atoms with Gasteiger partial charge in [0.15, 0.2) is 0 Å². The molecule has 0 aromatic heterocycles. The van der Waals surface area contributed by atoms with Crippen LogP contribution in [0.3, 0.4) is 0 Å². The number of benzene rings is 2. The van der Waals surface area contributed by atoms with Crippen LogP contribution in [-0.4, -0.2) is 11.8 Å². The highest BCUT2D eigenvalue weighted by Gasteiger charge is 2.12. The lowest BCUT2D eigenvalue weighted by molar-refractivity contribution is -0.117. The van der Waals surface area contributed by atoms with Crippen molar-refractivity contribution in [2.24, 2.45) is 0 Å². The minimum Gasteiger partial charge on any atom is -0.326 e. The van der Waals surface area contributed by atoms with Crippen molar-refractivity contribution in [3.63, 3.8) is 0 Å². The van der Waals surface area contributed by atoms with Crippen molar-refractivity contribution in [2.75, 3.05) is 10.6 Å². The summed E-state index contributed by atoms with van der Waals surface area (Å²) in [6.07, 6.45) is 18.1. The third-order valence-electron chi connectivity index (χ3n) is 7.89. The van der Waals surface area contributed by atoms with Gasteiger partial charge in [-0.25, -0.2) is 0 Å². The van der Waals surface area contributed by atoms with Gasteiger partial charge in [0.25, 0.3) is 0 Å². The van der Waals surface area contributed by atoms with E-state index in [0.717, 1.165) is 65.7 Å². The second kappa shape index (κ2) is 18.7. The maximum absolute atomic E-state index is 12.7. The highest BCUT2D eigenvalue weighted by Crippen LogP contribution is 2.27. The summed E-state index contributed by atoms with van der Waals surface area (Å²) in [7, 11) is 0. The van der Waals surface area contributed by atoms with Crippen molar-refractivity contribution < 1.29 is 9.59 Å². The van der Waals surface area contributed by atoms with Crippen LogP contribution in [-0.2, 0) is 16.0 Å². The van der Waals surface area contributed by atoms with Crippen molar-refractivity contribution in [3.8, 4) is 0 Å². The second-order valence-electron chi connectivity index (χ2n) is 11.9. The molecule has 0 heterocycles. The van der Waals surface area contributed by atoms with Crippen molar-refractivity contribution >= 4 is 23.2 Å². The summed E-state index contributed by atoms with van der Waals surface area (Å²) in [5.41, 5.74) is 8.76. The van der Waals surface area contributed by atoms with Gasteiger partial charge in [0.2, 0.25) is 11.8 Å². The molecule has 2 aromatic rings. The Morgan fingerprint density at radius 3 is 1.20 bits per heavy atom. The Bertz CT molecular complexity index is 1030. The molecule has 0 saturated carbocycles. The average molecular weight is 549 g/mol. The molecule has 0 unspecified atom stereocenters. The lowest BCUT2D eigenvalue weighted by atomic mass is 9.96. The molecule has 0 aliphatic rings.